The van der Waals surface area contributed by atoms with Crippen molar-refractivity contribution in [1.29, 1.82) is 0 Å². The quantitative estimate of drug-likeness (QED) is 0.807. The summed E-state index contributed by atoms with van der Waals surface area (Å²) in [6, 6.07) is 11.4. The maximum atomic E-state index is 12.7. The van der Waals surface area contributed by atoms with E-state index in [4.69, 9.17) is 11.6 Å². The van der Waals surface area contributed by atoms with E-state index in [1.807, 2.05) is 26.0 Å². The first-order valence-electron chi connectivity index (χ1n) is 8.36. The predicted molar refractivity (Wildman–Crippen MR) is 109 cm³/mol. The van der Waals surface area contributed by atoms with Crippen LogP contribution in [0.25, 0.3) is 0 Å². The largest absolute Gasteiger partial charge is 0.322 e. The molecule has 2 amide bonds. The van der Waals surface area contributed by atoms with E-state index in [0.717, 1.165) is 15.4 Å². The molecule has 0 unspecified atom stereocenters. The van der Waals surface area contributed by atoms with E-state index in [9.17, 15) is 13.2 Å². The number of carbonyl (C=O) groups excluding carboxylic acids is 1. The average molecular weight is 410 g/mol. The van der Waals surface area contributed by atoms with Gasteiger partial charge in [-0.2, -0.15) is 0 Å². The summed E-state index contributed by atoms with van der Waals surface area (Å²) in [5.41, 5.74) is 2.17. The number of urea groups is 1. The molecule has 0 bridgehead atoms. The number of halogens is 1. The van der Waals surface area contributed by atoms with Gasteiger partial charge in [-0.05, 0) is 49.2 Å². The van der Waals surface area contributed by atoms with Crippen molar-refractivity contribution in [3.8, 4) is 0 Å². The lowest BCUT2D eigenvalue weighted by Crippen LogP contribution is -2.34. The molecular formula is C19H24ClN3O3S. The lowest BCUT2D eigenvalue weighted by Gasteiger charge is -2.26. The lowest BCUT2D eigenvalue weighted by atomic mass is 10.1. The first kappa shape index (κ1) is 21.2. The molecule has 0 aromatic heterocycles. The topological polar surface area (TPSA) is 69.7 Å². The van der Waals surface area contributed by atoms with E-state index in [1.54, 1.807) is 30.1 Å². The van der Waals surface area contributed by atoms with Crippen LogP contribution in [0.2, 0.25) is 5.02 Å². The Labute approximate surface area is 165 Å². The van der Waals surface area contributed by atoms with Crippen LogP contribution in [0.1, 0.15) is 24.1 Å². The third kappa shape index (κ3) is 4.80. The van der Waals surface area contributed by atoms with Gasteiger partial charge in [-0.1, -0.05) is 29.8 Å². The van der Waals surface area contributed by atoms with E-state index >= 15 is 0 Å². The molecule has 0 fully saturated rings. The number of carbonyl (C=O) groups is 1. The van der Waals surface area contributed by atoms with Gasteiger partial charge in [0.05, 0.1) is 10.9 Å². The van der Waals surface area contributed by atoms with Gasteiger partial charge < -0.3 is 10.2 Å². The molecule has 8 heteroatoms. The Hall–Kier alpha value is -2.09. The Balaban J connectivity index is 2.23. The van der Waals surface area contributed by atoms with Crippen LogP contribution in [-0.4, -0.2) is 44.8 Å². The predicted octanol–water partition coefficient (Wildman–Crippen LogP) is 4.12. The van der Waals surface area contributed by atoms with Crippen molar-refractivity contribution in [1.82, 2.24) is 9.21 Å². The molecule has 2 aromatic rings. The van der Waals surface area contributed by atoms with E-state index in [1.165, 1.54) is 26.2 Å². The van der Waals surface area contributed by atoms with Crippen molar-refractivity contribution in [2.24, 2.45) is 0 Å². The Morgan fingerprint density at radius 1 is 1.07 bits per heavy atom. The van der Waals surface area contributed by atoms with Crippen LogP contribution >= 0.6 is 11.6 Å². The molecule has 0 saturated heterocycles. The highest BCUT2D eigenvalue weighted by Gasteiger charge is 2.21. The summed E-state index contributed by atoms with van der Waals surface area (Å²) in [5.74, 6) is 0. The van der Waals surface area contributed by atoms with Crippen molar-refractivity contribution in [2.75, 3.05) is 26.5 Å². The standard InChI is InChI=1S/C19H24ClN3O3S/c1-13-6-11-17(27(25,26)22(3)4)12-18(13)21-19(24)23(5)14(2)15-7-9-16(20)10-8-15/h6-12,14H,1-5H3,(H,21,24)/t14-/m0/s1. The summed E-state index contributed by atoms with van der Waals surface area (Å²) in [4.78, 5) is 14.3. The minimum atomic E-state index is -3.58. The monoisotopic (exact) mass is 409 g/mol. The van der Waals surface area contributed by atoms with Gasteiger partial charge in [0.15, 0.2) is 0 Å². The van der Waals surface area contributed by atoms with Crippen LogP contribution < -0.4 is 5.32 Å². The summed E-state index contributed by atoms with van der Waals surface area (Å²) >= 11 is 5.91. The smallest absolute Gasteiger partial charge is 0.321 e. The Morgan fingerprint density at radius 2 is 1.67 bits per heavy atom. The number of aryl methyl sites for hydroxylation is 1. The SMILES string of the molecule is Cc1ccc(S(=O)(=O)N(C)C)cc1NC(=O)N(C)[C@@H](C)c1ccc(Cl)cc1. The number of benzene rings is 2. The molecule has 6 nitrogen and oxygen atoms in total. The van der Waals surface area contributed by atoms with Crippen molar-refractivity contribution in [3.05, 3.63) is 58.6 Å². The second kappa shape index (κ2) is 8.29. The summed E-state index contributed by atoms with van der Waals surface area (Å²) in [5, 5.41) is 3.43. The van der Waals surface area contributed by atoms with Crippen LogP contribution in [0.5, 0.6) is 0 Å². The molecule has 2 rings (SSSR count). The van der Waals surface area contributed by atoms with Crippen molar-refractivity contribution in [2.45, 2.75) is 24.8 Å². The Kier molecular flexibility index (Phi) is 6.51. The van der Waals surface area contributed by atoms with Crippen molar-refractivity contribution in [3.63, 3.8) is 0 Å². The third-order valence-corrected chi connectivity index (χ3v) is 6.55. The molecule has 27 heavy (non-hydrogen) atoms. The molecule has 0 radical (unpaired) electrons. The zero-order valence-corrected chi connectivity index (χ0v) is 17.6. The number of nitrogens with one attached hydrogen (secondary N) is 1. The number of hydrogen-bond acceptors (Lipinski definition) is 3. The van der Waals surface area contributed by atoms with Gasteiger partial charge in [0, 0.05) is 31.9 Å². The first-order chi connectivity index (χ1) is 12.5. The average Bonchev–Trinajstić information content (AvgIpc) is 2.62. The molecule has 0 aliphatic heterocycles. The second-order valence-electron chi connectivity index (χ2n) is 6.53. The summed E-state index contributed by atoms with van der Waals surface area (Å²) in [6.07, 6.45) is 0. The summed E-state index contributed by atoms with van der Waals surface area (Å²) in [7, 11) is 1.04. The highest BCUT2D eigenvalue weighted by atomic mass is 35.5. The molecular weight excluding hydrogens is 386 g/mol. The van der Waals surface area contributed by atoms with E-state index < -0.39 is 10.0 Å². The number of amides is 2. The van der Waals surface area contributed by atoms with Gasteiger partial charge in [0.2, 0.25) is 10.0 Å². The molecule has 1 atom stereocenters. The highest BCUT2D eigenvalue weighted by molar-refractivity contribution is 7.89. The maximum Gasteiger partial charge on any atom is 0.322 e. The van der Waals surface area contributed by atoms with E-state index in [-0.39, 0.29) is 17.0 Å². The van der Waals surface area contributed by atoms with E-state index in [2.05, 4.69) is 5.32 Å². The first-order valence-corrected chi connectivity index (χ1v) is 10.2. The third-order valence-electron chi connectivity index (χ3n) is 4.48. The van der Waals surface area contributed by atoms with Gasteiger partial charge in [-0.15, -0.1) is 0 Å². The molecule has 146 valence electrons. The van der Waals surface area contributed by atoms with Crippen LogP contribution in [0.15, 0.2) is 47.4 Å². The van der Waals surface area contributed by atoms with E-state index in [0.29, 0.717) is 10.7 Å². The Morgan fingerprint density at radius 3 is 2.22 bits per heavy atom. The molecule has 0 heterocycles. The van der Waals surface area contributed by atoms with Gasteiger partial charge in [-0.3, -0.25) is 0 Å². The molecule has 0 saturated carbocycles. The van der Waals surface area contributed by atoms with Crippen molar-refractivity contribution < 1.29 is 13.2 Å². The molecule has 2 aromatic carbocycles. The molecule has 0 spiro atoms. The zero-order chi connectivity index (χ0) is 20.4. The zero-order valence-electron chi connectivity index (χ0n) is 16.0. The normalized spacial score (nSPS) is 12.7. The van der Waals surface area contributed by atoms with Crippen LogP contribution in [0.3, 0.4) is 0 Å². The fourth-order valence-corrected chi connectivity index (χ4v) is 3.51. The minimum Gasteiger partial charge on any atom is -0.321 e. The Bertz CT molecular complexity index is 928. The number of sulfonamides is 1. The molecule has 0 aliphatic carbocycles. The lowest BCUT2D eigenvalue weighted by molar-refractivity contribution is 0.208. The minimum absolute atomic E-state index is 0.127. The van der Waals surface area contributed by atoms with Gasteiger partial charge in [0.25, 0.3) is 0 Å². The maximum absolute atomic E-state index is 12.7. The molecule has 1 N–H and O–H groups in total. The number of rotatable bonds is 5. The van der Waals surface area contributed by atoms with Crippen molar-refractivity contribution >= 4 is 33.3 Å². The highest BCUT2D eigenvalue weighted by Crippen LogP contribution is 2.25. The second-order valence-corrected chi connectivity index (χ2v) is 9.12. The molecule has 0 aliphatic rings. The van der Waals surface area contributed by atoms with Gasteiger partial charge in [0.1, 0.15) is 0 Å². The van der Waals surface area contributed by atoms with Gasteiger partial charge in [-0.25, -0.2) is 17.5 Å². The summed E-state index contributed by atoms with van der Waals surface area (Å²) < 4.78 is 25.8. The number of nitrogens with zero attached hydrogens (tertiary/aromatic N) is 2. The number of hydrogen-bond donors (Lipinski definition) is 1. The fourth-order valence-electron chi connectivity index (χ4n) is 2.45. The number of anilines is 1. The fraction of sp³-hybridized carbons (Fsp3) is 0.316. The van der Waals surface area contributed by atoms with Gasteiger partial charge >= 0.3 is 6.03 Å². The van der Waals surface area contributed by atoms with Crippen LogP contribution in [0.4, 0.5) is 10.5 Å². The summed E-state index contributed by atoms with van der Waals surface area (Å²) in [6.45, 7) is 3.72. The van der Waals surface area contributed by atoms with Crippen LogP contribution in [-0.2, 0) is 10.0 Å². The van der Waals surface area contributed by atoms with Crippen LogP contribution in [0, 0.1) is 6.92 Å².